The Bertz CT molecular complexity index is 1140. The zero-order valence-corrected chi connectivity index (χ0v) is 49.4. The highest BCUT2D eigenvalue weighted by atomic mass is 16.5. The van der Waals surface area contributed by atoms with E-state index in [1.165, 1.54) is 295 Å². The zero-order valence-electron chi connectivity index (χ0n) is 49.4. The quantitative estimate of drug-likeness (QED) is 0.0320. The van der Waals surface area contributed by atoms with Gasteiger partial charge in [0.2, 0.25) is 5.91 Å². The topological polar surface area (TPSA) is 95.9 Å². The number of esters is 1. The molecule has 0 saturated heterocycles. The molecule has 0 rings (SSSR count). The molecule has 73 heavy (non-hydrogen) atoms. The molecule has 0 aromatic carbocycles. The van der Waals surface area contributed by atoms with Gasteiger partial charge in [-0.25, -0.2) is 0 Å². The molecule has 0 radical (unpaired) electrons. The normalized spacial score (nSPS) is 12.7. The first kappa shape index (κ1) is 71.3. The van der Waals surface area contributed by atoms with Crippen LogP contribution in [-0.2, 0) is 14.3 Å². The minimum Gasteiger partial charge on any atom is -0.466 e. The largest absolute Gasteiger partial charge is 0.466 e. The fraction of sp³-hybridized carbons (Fsp3) is 0.910. The number of hydrogen-bond donors (Lipinski definition) is 3. The molecule has 0 bridgehead atoms. The van der Waals surface area contributed by atoms with E-state index in [0.29, 0.717) is 19.4 Å². The highest BCUT2D eigenvalue weighted by molar-refractivity contribution is 5.76. The lowest BCUT2D eigenvalue weighted by molar-refractivity contribution is -0.143. The van der Waals surface area contributed by atoms with Crippen molar-refractivity contribution in [3.05, 3.63) is 24.3 Å². The van der Waals surface area contributed by atoms with E-state index in [4.69, 9.17) is 4.74 Å². The predicted octanol–water partition coefficient (Wildman–Crippen LogP) is 21.0. The van der Waals surface area contributed by atoms with Crippen LogP contribution >= 0.6 is 0 Å². The zero-order chi connectivity index (χ0) is 52.9. The van der Waals surface area contributed by atoms with Crippen molar-refractivity contribution >= 4 is 11.9 Å². The molecule has 0 aromatic rings. The summed E-state index contributed by atoms with van der Waals surface area (Å²) in [6.07, 6.45) is 78.4. The Morgan fingerprint density at radius 1 is 0.370 bits per heavy atom. The van der Waals surface area contributed by atoms with Crippen molar-refractivity contribution in [2.75, 3.05) is 13.2 Å². The smallest absolute Gasteiger partial charge is 0.305 e. The molecule has 3 N–H and O–H groups in total. The van der Waals surface area contributed by atoms with Crippen LogP contribution in [0.3, 0.4) is 0 Å². The van der Waals surface area contributed by atoms with Crippen molar-refractivity contribution in [3.63, 3.8) is 0 Å². The maximum absolute atomic E-state index is 12.4. The second-order valence-electron chi connectivity index (χ2n) is 22.8. The third kappa shape index (κ3) is 59.4. The van der Waals surface area contributed by atoms with Crippen molar-refractivity contribution in [2.24, 2.45) is 0 Å². The Kier molecular flexibility index (Phi) is 61.4. The second kappa shape index (κ2) is 62.9. The van der Waals surface area contributed by atoms with Crippen molar-refractivity contribution in [2.45, 2.75) is 379 Å². The molecule has 0 saturated carbocycles. The summed E-state index contributed by atoms with van der Waals surface area (Å²) in [5, 5.41) is 23.0. The van der Waals surface area contributed by atoms with Gasteiger partial charge in [-0.15, -0.1) is 0 Å². The number of allylic oxidation sites excluding steroid dienone is 3. The molecular formula is C67H129NO5. The Balaban J connectivity index is 3.28. The van der Waals surface area contributed by atoms with Crippen LogP contribution in [0.2, 0.25) is 0 Å². The number of carbonyl (C=O) groups excluding carboxylic acids is 2. The van der Waals surface area contributed by atoms with Gasteiger partial charge in [0.1, 0.15) is 0 Å². The molecule has 6 heteroatoms. The van der Waals surface area contributed by atoms with Gasteiger partial charge < -0.3 is 20.3 Å². The standard InChI is InChI=1S/C67H129NO5/c1-3-5-7-9-11-13-14-41-45-49-53-57-61-67(72)73-62-58-54-50-46-42-39-37-35-33-31-29-27-25-23-21-19-17-15-16-18-20-22-24-26-28-30-32-34-36-38-40-44-48-52-56-60-66(71)68-64(63-69)65(70)59-55-51-47-43-12-10-8-6-4-2/h11,13,55,59,64-65,69-70H,3-10,12,14-54,56-58,60-63H2,1-2H3,(H,68,71)/b13-11-,59-55+. The van der Waals surface area contributed by atoms with E-state index >= 15 is 0 Å². The molecule has 1 amide bonds. The summed E-state index contributed by atoms with van der Waals surface area (Å²) in [6.45, 7) is 4.87. The Morgan fingerprint density at radius 3 is 1.00 bits per heavy atom. The summed E-state index contributed by atoms with van der Waals surface area (Å²) in [6, 6.07) is -0.621. The van der Waals surface area contributed by atoms with E-state index in [2.05, 4.69) is 31.3 Å². The first-order valence-electron chi connectivity index (χ1n) is 33.1. The molecule has 6 nitrogen and oxygen atoms in total. The number of ether oxygens (including phenoxy) is 1. The van der Waals surface area contributed by atoms with Crippen LogP contribution in [0.1, 0.15) is 367 Å². The van der Waals surface area contributed by atoms with Crippen molar-refractivity contribution in [1.29, 1.82) is 0 Å². The number of amides is 1. The first-order valence-corrected chi connectivity index (χ1v) is 33.1. The van der Waals surface area contributed by atoms with Gasteiger partial charge in [0, 0.05) is 12.8 Å². The number of unbranched alkanes of at least 4 members (excludes halogenated alkanes) is 49. The van der Waals surface area contributed by atoms with Crippen LogP contribution in [-0.4, -0.2) is 47.4 Å². The summed E-state index contributed by atoms with van der Waals surface area (Å²) in [5.41, 5.74) is 0. The van der Waals surface area contributed by atoms with E-state index in [1.54, 1.807) is 6.08 Å². The predicted molar refractivity (Wildman–Crippen MR) is 320 cm³/mol. The van der Waals surface area contributed by atoms with Crippen LogP contribution < -0.4 is 5.32 Å². The molecule has 432 valence electrons. The Morgan fingerprint density at radius 2 is 0.644 bits per heavy atom. The number of nitrogens with one attached hydrogen (secondary N) is 1. The summed E-state index contributed by atoms with van der Waals surface area (Å²) in [5.74, 6) is -0.0518. The summed E-state index contributed by atoms with van der Waals surface area (Å²) >= 11 is 0. The molecule has 2 atom stereocenters. The maximum Gasteiger partial charge on any atom is 0.305 e. The molecule has 0 aliphatic carbocycles. The lowest BCUT2D eigenvalue weighted by atomic mass is 10.0. The molecule has 0 aromatic heterocycles. The third-order valence-electron chi connectivity index (χ3n) is 15.5. The lowest BCUT2D eigenvalue weighted by Gasteiger charge is -2.20. The second-order valence-corrected chi connectivity index (χ2v) is 22.8. The van der Waals surface area contributed by atoms with Crippen LogP contribution in [0.15, 0.2) is 24.3 Å². The SMILES string of the molecule is CCCCC/C=C\CCCCCCCC(=O)OCCCCCCCCCCCCCCCCCCCCCCCCCCCCCCCCCCCCCC(=O)NC(CO)C(O)/C=C/CCCCCCCCC. The summed E-state index contributed by atoms with van der Waals surface area (Å²) < 4.78 is 5.47. The van der Waals surface area contributed by atoms with Crippen LogP contribution in [0.4, 0.5) is 0 Å². The minimum absolute atomic E-state index is 0.0124. The molecule has 0 aliphatic rings. The van der Waals surface area contributed by atoms with Crippen LogP contribution in [0.5, 0.6) is 0 Å². The first-order chi connectivity index (χ1) is 36.0. The van der Waals surface area contributed by atoms with Gasteiger partial charge >= 0.3 is 5.97 Å². The van der Waals surface area contributed by atoms with Gasteiger partial charge in [-0.05, 0) is 57.8 Å². The van der Waals surface area contributed by atoms with E-state index in [-0.39, 0.29) is 18.5 Å². The summed E-state index contributed by atoms with van der Waals surface area (Å²) in [4.78, 5) is 24.4. The monoisotopic (exact) mass is 1030 g/mol. The highest BCUT2D eigenvalue weighted by Gasteiger charge is 2.18. The van der Waals surface area contributed by atoms with Crippen molar-refractivity contribution < 1.29 is 24.5 Å². The molecule has 0 aliphatic heterocycles. The number of aliphatic hydroxyl groups is 2. The van der Waals surface area contributed by atoms with E-state index in [0.717, 1.165) is 44.9 Å². The van der Waals surface area contributed by atoms with Crippen molar-refractivity contribution in [3.8, 4) is 0 Å². The van der Waals surface area contributed by atoms with Crippen LogP contribution in [0, 0.1) is 0 Å². The average Bonchev–Trinajstić information content (AvgIpc) is 3.39. The lowest BCUT2D eigenvalue weighted by Crippen LogP contribution is -2.45. The summed E-state index contributed by atoms with van der Waals surface area (Å²) in [7, 11) is 0. The third-order valence-corrected chi connectivity index (χ3v) is 15.5. The van der Waals surface area contributed by atoms with Gasteiger partial charge in [0.15, 0.2) is 0 Å². The van der Waals surface area contributed by atoms with E-state index in [1.807, 2.05) is 6.08 Å². The van der Waals surface area contributed by atoms with E-state index in [9.17, 15) is 19.8 Å². The minimum atomic E-state index is -0.838. The molecule has 0 spiro atoms. The number of hydrogen-bond acceptors (Lipinski definition) is 5. The number of carbonyl (C=O) groups is 2. The molecular weight excluding hydrogens is 899 g/mol. The number of rotatable bonds is 62. The molecule has 0 heterocycles. The fourth-order valence-corrected chi connectivity index (χ4v) is 10.4. The fourth-order valence-electron chi connectivity index (χ4n) is 10.4. The van der Waals surface area contributed by atoms with Crippen molar-refractivity contribution in [1.82, 2.24) is 5.32 Å². The van der Waals surface area contributed by atoms with Gasteiger partial charge in [-0.2, -0.15) is 0 Å². The highest BCUT2D eigenvalue weighted by Crippen LogP contribution is 2.18. The van der Waals surface area contributed by atoms with Crippen LogP contribution in [0.25, 0.3) is 0 Å². The van der Waals surface area contributed by atoms with Gasteiger partial charge in [0.05, 0.1) is 25.4 Å². The van der Waals surface area contributed by atoms with Gasteiger partial charge in [0.25, 0.3) is 0 Å². The maximum atomic E-state index is 12.4. The Labute approximate surface area is 456 Å². The number of aliphatic hydroxyl groups excluding tert-OH is 2. The van der Waals surface area contributed by atoms with E-state index < -0.39 is 12.1 Å². The van der Waals surface area contributed by atoms with Gasteiger partial charge in [-0.3, -0.25) is 9.59 Å². The average molecular weight is 1030 g/mol. The molecule has 2 unspecified atom stereocenters. The van der Waals surface area contributed by atoms with Gasteiger partial charge in [-0.1, -0.05) is 321 Å². The molecule has 0 fully saturated rings. The Hall–Kier alpha value is -1.66.